The third-order valence-electron chi connectivity index (χ3n) is 4.02. The molecule has 0 atom stereocenters. The monoisotopic (exact) mass is 413 g/mol. The summed E-state index contributed by atoms with van der Waals surface area (Å²) < 4.78 is 11.9. The van der Waals surface area contributed by atoms with E-state index in [-0.39, 0.29) is 0 Å². The number of nitrogens with zero attached hydrogens (tertiary/aromatic N) is 2. The van der Waals surface area contributed by atoms with Crippen LogP contribution in [0.4, 0.5) is 5.82 Å². The number of benzene rings is 2. The summed E-state index contributed by atoms with van der Waals surface area (Å²) in [5.74, 6) is 0.0940. The molecule has 0 aliphatic carbocycles. The molecule has 0 saturated carbocycles. The number of carbonyl (C=O) groups excluding carboxylic acids is 2. The Morgan fingerprint density at radius 2 is 1.79 bits per heavy atom. The maximum atomic E-state index is 12.2. The number of rotatable bonds is 7. The second-order valence-corrected chi connectivity index (χ2v) is 6.56. The predicted octanol–water partition coefficient (Wildman–Crippen LogP) is 3.93. The van der Waals surface area contributed by atoms with Crippen molar-refractivity contribution in [3.8, 4) is 17.0 Å². The summed E-state index contributed by atoms with van der Waals surface area (Å²) in [7, 11) is 1.71. The Balaban J connectivity index is 1.56. The molecule has 8 heteroatoms. The van der Waals surface area contributed by atoms with Gasteiger partial charge in [-0.1, -0.05) is 23.7 Å². The number of aryl methyl sites for hydroxylation is 1. The maximum Gasteiger partial charge on any atom is 0.338 e. The van der Waals surface area contributed by atoms with Gasteiger partial charge in [-0.2, -0.15) is 5.10 Å². The molecule has 1 N–H and O–H groups in total. The van der Waals surface area contributed by atoms with Gasteiger partial charge in [0.25, 0.3) is 5.91 Å². The first-order chi connectivity index (χ1) is 14.0. The zero-order chi connectivity index (χ0) is 20.8. The first kappa shape index (κ1) is 20.4. The minimum atomic E-state index is -0.588. The molecule has 0 bridgehead atoms. The maximum absolute atomic E-state index is 12.2. The number of ether oxygens (including phenoxy) is 2. The highest BCUT2D eigenvalue weighted by atomic mass is 35.5. The standard InChI is InChI=1S/C21H20ClN3O4/c1-3-28-17-10-6-15(7-11-17)21(27)29-13-20(26)23-19-12-18(24-25(19)2)14-4-8-16(22)9-5-14/h4-12H,3,13H2,1-2H3,(H,23,26). The Bertz CT molecular complexity index is 998. The summed E-state index contributed by atoms with van der Waals surface area (Å²) in [4.78, 5) is 24.2. The van der Waals surface area contributed by atoms with Gasteiger partial charge in [0.15, 0.2) is 6.61 Å². The van der Waals surface area contributed by atoms with Crippen LogP contribution in [0, 0.1) is 0 Å². The number of nitrogens with one attached hydrogen (secondary N) is 1. The highest BCUT2D eigenvalue weighted by Crippen LogP contribution is 2.23. The highest BCUT2D eigenvalue weighted by Gasteiger charge is 2.13. The van der Waals surface area contributed by atoms with Crippen LogP contribution in [0.25, 0.3) is 11.3 Å². The van der Waals surface area contributed by atoms with E-state index in [9.17, 15) is 9.59 Å². The number of anilines is 1. The van der Waals surface area contributed by atoms with E-state index in [0.29, 0.717) is 34.5 Å². The van der Waals surface area contributed by atoms with Gasteiger partial charge in [-0.15, -0.1) is 0 Å². The largest absolute Gasteiger partial charge is 0.494 e. The molecule has 0 unspecified atom stereocenters. The molecule has 0 aliphatic rings. The minimum Gasteiger partial charge on any atom is -0.494 e. The van der Waals surface area contributed by atoms with Crippen LogP contribution in [-0.2, 0) is 16.6 Å². The van der Waals surface area contributed by atoms with Gasteiger partial charge in [-0.05, 0) is 43.3 Å². The average molecular weight is 414 g/mol. The fourth-order valence-electron chi connectivity index (χ4n) is 2.59. The topological polar surface area (TPSA) is 82.4 Å². The molecular weight excluding hydrogens is 394 g/mol. The summed E-state index contributed by atoms with van der Waals surface area (Å²) in [6.45, 7) is 2.01. The summed E-state index contributed by atoms with van der Waals surface area (Å²) in [5, 5.41) is 7.68. The first-order valence-electron chi connectivity index (χ1n) is 8.96. The number of hydrogen-bond donors (Lipinski definition) is 1. The van der Waals surface area contributed by atoms with E-state index in [2.05, 4.69) is 10.4 Å². The fraction of sp³-hybridized carbons (Fsp3) is 0.190. The van der Waals surface area contributed by atoms with Crippen molar-refractivity contribution in [2.24, 2.45) is 7.05 Å². The van der Waals surface area contributed by atoms with Crippen molar-refractivity contribution in [3.05, 3.63) is 65.2 Å². The Hall–Kier alpha value is -3.32. The van der Waals surface area contributed by atoms with E-state index in [4.69, 9.17) is 21.1 Å². The number of halogens is 1. The minimum absolute atomic E-state index is 0.340. The van der Waals surface area contributed by atoms with Gasteiger partial charge in [-0.25, -0.2) is 4.79 Å². The van der Waals surface area contributed by atoms with Gasteiger partial charge in [0.2, 0.25) is 0 Å². The van der Waals surface area contributed by atoms with Gasteiger partial charge < -0.3 is 14.8 Å². The quantitative estimate of drug-likeness (QED) is 0.593. The number of aromatic nitrogens is 2. The van der Waals surface area contributed by atoms with E-state index < -0.39 is 18.5 Å². The lowest BCUT2D eigenvalue weighted by Crippen LogP contribution is -2.22. The third kappa shape index (κ3) is 5.36. The predicted molar refractivity (Wildman–Crippen MR) is 110 cm³/mol. The van der Waals surface area contributed by atoms with E-state index in [1.165, 1.54) is 4.68 Å². The van der Waals surface area contributed by atoms with Crippen molar-refractivity contribution in [3.63, 3.8) is 0 Å². The van der Waals surface area contributed by atoms with Crippen molar-refractivity contribution in [1.29, 1.82) is 0 Å². The molecule has 0 saturated heterocycles. The van der Waals surface area contributed by atoms with Crippen LogP contribution in [0.1, 0.15) is 17.3 Å². The van der Waals surface area contributed by atoms with Crippen molar-refractivity contribution in [2.45, 2.75) is 6.92 Å². The summed E-state index contributed by atoms with van der Waals surface area (Å²) in [6, 6.07) is 15.5. The lowest BCUT2D eigenvalue weighted by atomic mass is 10.1. The summed E-state index contributed by atoms with van der Waals surface area (Å²) in [6.07, 6.45) is 0. The molecule has 29 heavy (non-hydrogen) atoms. The second kappa shape index (κ2) is 9.25. The molecule has 3 aromatic rings. The third-order valence-corrected chi connectivity index (χ3v) is 4.27. The Morgan fingerprint density at radius 1 is 1.10 bits per heavy atom. The number of amides is 1. The van der Waals surface area contributed by atoms with Gasteiger partial charge in [0, 0.05) is 23.7 Å². The van der Waals surface area contributed by atoms with Gasteiger partial charge in [-0.3, -0.25) is 9.48 Å². The van der Waals surface area contributed by atoms with Crippen LogP contribution in [0.2, 0.25) is 5.02 Å². The summed E-state index contributed by atoms with van der Waals surface area (Å²) in [5.41, 5.74) is 1.89. The molecule has 1 aromatic heterocycles. The lowest BCUT2D eigenvalue weighted by molar-refractivity contribution is -0.119. The molecule has 3 rings (SSSR count). The molecule has 0 spiro atoms. The second-order valence-electron chi connectivity index (χ2n) is 6.13. The molecule has 7 nitrogen and oxygen atoms in total. The number of hydrogen-bond acceptors (Lipinski definition) is 5. The van der Waals surface area contributed by atoms with Crippen LogP contribution >= 0.6 is 11.6 Å². The van der Waals surface area contributed by atoms with E-state index in [0.717, 1.165) is 5.56 Å². The number of carbonyl (C=O) groups is 2. The van der Waals surface area contributed by atoms with Crippen LogP contribution in [0.5, 0.6) is 5.75 Å². The van der Waals surface area contributed by atoms with E-state index in [1.807, 2.05) is 19.1 Å². The zero-order valence-electron chi connectivity index (χ0n) is 16.0. The Kier molecular flexibility index (Phi) is 6.51. The smallest absolute Gasteiger partial charge is 0.338 e. The fourth-order valence-corrected chi connectivity index (χ4v) is 2.72. The first-order valence-corrected chi connectivity index (χ1v) is 9.34. The molecule has 0 aliphatic heterocycles. The van der Waals surface area contributed by atoms with Gasteiger partial charge in [0.05, 0.1) is 17.9 Å². The highest BCUT2D eigenvalue weighted by molar-refractivity contribution is 6.30. The normalized spacial score (nSPS) is 10.4. The zero-order valence-corrected chi connectivity index (χ0v) is 16.8. The molecule has 2 aromatic carbocycles. The van der Waals surface area contributed by atoms with Crippen molar-refractivity contribution >= 4 is 29.3 Å². The van der Waals surface area contributed by atoms with Gasteiger partial charge >= 0.3 is 5.97 Å². The Labute approximate surface area is 173 Å². The molecule has 0 fully saturated rings. The molecule has 150 valence electrons. The Morgan fingerprint density at radius 3 is 2.45 bits per heavy atom. The summed E-state index contributed by atoms with van der Waals surface area (Å²) >= 11 is 5.90. The SMILES string of the molecule is CCOc1ccc(C(=O)OCC(=O)Nc2cc(-c3ccc(Cl)cc3)nn2C)cc1. The van der Waals surface area contributed by atoms with Crippen molar-refractivity contribution in [1.82, 2.24) is 9.78 Å². The molecular formula is C21H20ClN3O4. The average Bonchev–Trinajstić information content (AvgIpc) is 3.07. The van der Waals surface area contributed by atoms with Crippen LogP contribution < -0.4 is 10.1 Å². The molecule has 0 radical (unpaired) electrons. The number of esters is 1. The van der Waals surface area contributed by atoms with Gasteiger partial charge in [0.1, 0.15) is 11.6 Å². The van der Waals surface area contributed by atoms with E-state index >= 15 is 0 Å². The molecule has 1 heterocycles. The lowest BCUT2D eigenvalue weighted by Gasteiger charge is -2.07. The van der Waals surface area contributed by atoms with Crippen molar-refractivity contribution in [2.75, 3.05) is 18.5 Å². The van der Waals surface area contributed by atoms with E-state index in [1.54, 1.807) is 49.5 Å². The molecule has 1 amide bonds. The van der Waals surface area contributed by atoms with Crippen LogP contribution in [-0.4, -0.2) is 34.9 Å². The van der Waals surface area contributed by atoms with Crippen LogP contribution in [0.15, 0.2) is 54.6 Å². The van der Waals surface area contributed by atoms with Crippen molar-refractivity contribution < 1.29 is 19.1 Å². The van der Waals surface area contributed by atoms with Crippen LogP contribution in [0.3, 0.4) is 0 Å².